The molecule has 1 amide bonds. The predicted molar refractivity (Wildman–Crippen MR) is 80.0 cm³/mol. The molecule has 0 fully saturated rings. The van der Waals surface area contributed by atoms with Gasteiger partial charge < -0.3 is 5.32 Å². The lowest BCUT2D eigenvalue weighted by Gasteiger charge is -2.08. The van der Waals surface area contributed by atoms with Crippen LogP contribution in [0.1, 0.15) is 16.1 Å². The molecular formula is C16H14N4O. The minimum Gasteiger partial charge on any atom is -0.319 e. The van der Waals surface area contributed by atoms with Gasteiger partial charge in [0.2, 0.25) is 0 Å². The van der Waals surface area contributed by atoms with Gasteiger partial charge in [-0.1, -0.05) is 30.3 Å². The van der Waals surface area contributed by atoms with Crippen LogP contribution in [0.5, 0.6) is 0 Å². The molecule has 104 valence electrons. The van der Waals surface area contributed by atoms with E-state index in [4.69, 9.17) is 0 Å². The summed E-state index contributed by atoms with van der Waals surface area (Å²) in [5, 5.41) is 7.02. The highest BCUT2D eigenvalue weighted by Crippen LogP contribution is 2.09. The molecule has 0 aliphatic rings. The summed E-state index contributed by atoms with van der Waals surface area (Å²) in [4.78, 5) is 16.3. The van der Waals surface area contributed by atoms with Gasteiger partial charge in [0.15, 0.2) is 0 Å². The van der Waals surface area contributed by atoms with E-state index in [0.717, 1.165) is 5.56 Å². The van der Waals surface area contributed by atoms with Crippen LogP contribution in [0.25, 0.3) is 0 Å². The highest BCUT2D eigenvalue weighted by molar-refractivity contribution is 6.02. The number of anilines is 1. The Labute approximate surface area is 122 Å². The van der Waals surface area contributed by atoms with Crippen molar-refractivity contribution < 1.29 is 4.79 Å². The van der Waals surface area contributed by atoms with Crippen LogP contribution in [0.2, 0.25) is 0 Å². The summed E-state index contributed by atoms with van der Waals surface area (Å²) in [6.45, 7) is 0.559. The minimum atomic E-state index is -0.198. The van der Waals surface area contributed by atoms with E-state index in [1.165, 1.54) is 0 Å². The second-order valence-corrected chi connectivity index (χ2v) is 4.56. The number of benzene rings is 1. The van der Waals surface area contributed by atoms with Crippen LogP contribution in [0.3, 0.4) is 0 Å². The Morgan fingerprint density at radius 2 is 1.90 bits per heavy atom. The molecule has 1 aromatic carbocycles. The maximum atomic E-state index is 12.3. The van der Waals surface area contributed by atoms with Gasteiger partial charge in [0.1, 0.15) is 5.69 Å². The number of hydrogen-bond acceptors (Lipinski definition) is 3. The molecule has 0 unspecified atom stereocenters. The smallest absolute Gasteiger partial charge is 0.273 e. The summed E-state index contributed by atoms with van der Waals surface area (Å²) in [6, 6.07) is 15.2. The van der Waals surface area contributed by atoms with Crippen molar-refractivity contribution in [1.82, 2.24) is 14.8 Å². The van der Waals surface area contributed by atoms with Crippen LogP contribution in [-0.2, 0) is 6.54 Å². The van der Waals surface area contributed by atoms with Crippen LogP contribution >= 0.6 is 0 Å². The van der Waals surface area contributed by atoms with E-state index < -0.39 is 0 Å². The fourth-order valence-corrected chi connectivity index (χ4v) is 2.04. The van der Waals surface area contributed by atoms with Crippen LogP contribution in [0.4, 0.5) is 5.69 Å². The monoisotopic (exact) mass is 278 g/mol. The average Bonchev–Trinajstić information content (AvgIpc) is 2.97. The predicted octanol–water partition coefficient (Wildman–Crippen LogP) is 2.58. The molecule has 1 N–H and O–H groups in total. The van der Waals surface area contributed by atoms with E-state index in [9.17, 15) is 4.79 Å². The Balaban J connectivity index is 1.77. The third-order valence-corrected chi connectivity index (χ3v) is 3.04. The van der Waals surface area contributed by atoms with Gasteiger partial charge in [-0.3, -0.25) is 14.5 Å². The van der Waals surface area contributed by atoms with E-state index in [1.807, 2.05) is 30.3 Å². The quantitative estimate of drug-likeness (QED) is 0.798. The lowest BCUT2D eigenvalue weighted by atomic mass is 10.2. The van der Waals surface area contributed by atoms with Crippen LogP contribution < -0.4 is 5.32 Å². The maximum absolute atomic E-state index is 12.3. The molecule has 21 heavy (non-hydrogen) atoms. The second-order valence-electron chi connectivity index (χ2n) is 4.56. The van der Waals surface area contributed by atoms with Gasteiger partial charge in [-0.2, -0.15) is 5.10 Å². The fraction of sp³-hybridized carbons (Fsp3) is 0.0625. The molecule has 3 aromatic rings. The van der Waals surface area contributed by atoms with E-state index in [1.54, 1.807) is 41.5 Å². The zero-order valence-electron chi connectivity index (χ0n) is 11.3. The van der Waals surface area contributed by atoms with Crippen LogP contribution in [0.15, 0.2) is 67.1 Å². The van der Waals surface area contributed by atoms with Gasteiger partial charge in [-0.15, -0.1) is 0 Å². The Bertz CT molecular complexity index is 722. The number of carbonyl (C=O) groups excluding carboxylic acids is 1. The highest BCUT2D eigenvalue weighted by Gasteiger charge is 2.12. The summed E-state index contributed by atoms with van der Waals surface area (Å²) in [6.07, 6.45) is 4.90. The van der Waals surface area contributed by atoms with Gasteiger partial charge in [0.05, 0.1) is 18.4 Å². The molecule has 0 radical (unpaired) electrons. The number of amides is 1. The number of nitrogens with one attached hydrogen (secondary N) is 1. The molecule has 0 spiro atoms. The molecule has 0 aliphatic carbocycles. The molecule has 2 aromatic heterocycles. The van der Waals surface area contributed by atoms with Gasteiger partial charge in [0, 0.05) is 12.4 Å². The topological polar surface area (TPSA) is 59.8 Å². The SMILES string of the molecule is O=C(Nc1cccnc1)c1ccnn1Cc1ccccc1. The summed E-state index contributed by atoms with van der Waals surface area (Å²) >= 11 is 0. The molecule has 0 atom stereocenters. The number of pyridine rings is 1. The minimum absolute atomic E-state index is 0.198. The lowest BCUT2D eigenvalue weighted by molar-refractivity contribution is 0.101. The van der Waals surface area contributed by atoms with Gasteiger partial charge >= 0.3 is 0 Å². The van der Waals surface area contributed by atoms with Crippen molar-refractivity contribution in [2.45, 2.75) is 6.54 Å². The lowest BCUT2D eigenvalue weighted by Crippen LogP contribution is -2.18. The molecule has 5 nitrogen and oxygen atoms in total. The first kappa shape index (κ1) is 13.1. The van der Waals surface area contributed by atoms with Crippen molar-refractivity contribution in [2.24, 2.45) is 0 Å². The fourth-order valence-electron chi connectivity index (χ4n) is 2.04. The molecule has 0 aliphatic heterocycles. The van der Waals surface area contributed by atoms with E-state index >= 15 is 0 Å². The molecule has 5 heteroatoms. The normalized spacial score (nSPS) is 10.3. The van der Waals surface area contributed by atoms with Crippen LogP contribution in [0, 0.1) is 0 Å². The van der Waals surface area contributed by atoms with Crippen molar-refractivity contribution in [3.05, 3.63) is 78.4 Å². The maximum Gasteiger partial charge on any atom is 0.273 e. The first-order valence-corrected chi connectivity index (χ1v) is 6.60. The first-order valence-electron chi connectivity index (χ1n) is 6.60. The molecule has 0 saturated heterocycles. The summed E-state index contributed by atoms with van der Waals surface area (Å²) < 4.78 is 1.68. The zero-order chi connectivity index (χ0) is 14.5. The van der Waals surface area contributed by atoms with Crippen molar-refractivity contribution in [1.29, 1.82) is 0 Å². The molecule has 3 rings (SSSR count). The third kappa shape index (κ3) is 3.14. The number of hydrogen-bond donors (Lipinski definition) is 1. The Morgan fingerprint density at radius 3 is 2.67 bits per heavy atom. The second kappa shape index (κ2) is 6.00. The summed E-state index contributed by atoms with van der Waals surface area (Å²) in [7, 11) is 0. The van der Waals surface area contributed by atoms with E-state index in [0.29, 0.717) is 17.9 Å². The number of rotatable bonds is 4. The molecular weight excluding hydrogens is 264 g/mol. The zero-order valence-corrected chi connectivity index (χ0v) is 11.3. The Kier molecular flexibility index (Phi) is 3.73. The molecule has 0 saturated carbocycles. The Hall–Kier alpha value is -2.95. The first-order chi connectivity index (χ1) is 10.3. The van der Waals surface area contributed by atoms with Gasteiger partial charge in [0.25, 0.3) is 5.91 Å². The van der Waals surface area contributed by atoms with Gasteiger partial charge in [-0.05, 0) is 23.8 Å². The standard InChI is InChI=1S/C16H14N4O/c21-16(19-14-7-4-9-17-11-14)15-8-10-18-20(15)12-13-5-2-1-3-6-13/h1-11H,12H2,(H,19,21). The largest absolute Gasteiger partial charge is 0.319 e. The van der Waals surface area contributed by atoms with Crippen molar-refractivity contribution in [3.63, 3.8) is 0 Å². The van der Waals surface area contributed by atoms with E-state index in [2.05, 4.69) is 15.4 Å². The number of carbonyl (C=O) groups is 1. The van der Waals surface area contributed by atoms with Crippen molar-refractivity contribution in [3.8, 4) is 0 Å². The van der Waals surface area contributed by atoms with Crippen molar-refractivity contribution >= 4 is 11.6 Å². The highest BCUT2D eigenvalue weighted by atomic mass is 16.2. The average molecular weight is 278 g/mol. The number of aromatic nitrogens is 3. The van der Waals surface area contributed by atoms with Crippen LogP contribution in [-0.4, -0.2) is 20.7 Å². The number of nitrogens with zero attached hydrogens (tertiary/aromatic N) is 3. The Morgan fingerprint density at radius 1 is 1.05 bits per heavy atom. The molecule has 2 heterocycles. The van der Waals surface area contributed by atoms with Crippen molar-refractivity contribution in [2.75, 3.05) is 5.32 Å². The van der Waals surface area contributed by atoms with Gasteiger partial charge in [-0.25, -0.2) is 0 Å². The third-order valence-electron chi connectivity index (χ3n) is 3.04. The molecule has 0 bridgehead atoms. The summed E-state index contributed by atoms with van der Waals surface area (Å²) in [5.41, 5.74) is 2.27. The van der Waals surface area contributed by atoms with E-state index in [-0.39, 0.29) is 5.91 Å². The summed E-state index contributed by atoms with van der Waals surface area (Å²) in [5.74, 6) is -0.198.